The van der Waals surface area contributed by atoms with Gasteiger partial charge in [0, 0.05) is 31.4 Å². The summed E-state index contributed by atoms with van der Waals surface area (Å²) in [6, 6.07) is 10.9. The van der Waals surface area contributed by atoms with Gasteiger partial charge < -0.3 is 15.5 Å². The standard InChI is InChI=1S/C20H23N7O2/c1-13-23-24-18-9-10-19(25-27(13)18)26-11-3-4-15(12-26)20(29)22-17-7-5-16(6-8-17)21-14(2)28/h5-10,15H,3-4,11-12H2,1-2H3,(H,21,28)(H,22,29)/t15-/m1/s1. The van der Waals surface area contributed by atoms with Gasteiger partial charge in [0.15, 0.2) is 11.5 Å². The number of aryl methyl sites for hydroxylation is 1. The second-order valence-corrected chi connectivity index (χ2v) is 7.24. The maximum atomic E-state index is 12.8. The molecular weight excluding hydrogens is 370 g/mol. The highest BCUT2D eigenvalue weighted by Gasteiger charge is 2.27. The number of hydrogen-bond acceptors (Lipinski definition) is 6. The van der Waals surface area contributed by atoms with Crippen LogP contribution in [0.15, 0.2) is 36.4 Å². The Balaban J connectivity index is 1.42. The lowest BCUT2D eigenvalue weighted by atomic mass is 9.97. The molecule has 1 fully saturated rings. The van der Waals surface area contributed by atoms with E-state index < -0.39 is 0 Å². The van der Waals surface area contributed by atoms with Crippen LogP contribution >= 0.6 is 0 Å². The number of fused-ring (bicyclic) bond motifs is 1. The fourth-order valence-corrected chi connectivity index (χ4v) is 3.54. The number of nitrogens with zero attached hydrogens (tertiary/aromatic N) is 5. The van der Waals surface area contributed by atoms with Crippen molar-refractivity contribution in [2.24, 2.45) is 5.92 Å². The fraction of sp³-hybridized carbons (Fsp3) is 0.350. The summed E-state index contributed by atoms with van der Waals surface area (Å²) in [5.41, 5.74) is 2.12. The summed E-state index contributed by atoms with van der Waals surface area (Å²) >= 11 is 0. The minimum absolute atomic E-state index is 0.0106. The monoisotopic (exact) mass is 393 g/mol. The van der Waals surface area contributed by atoms with Crippen molar-refractivity contribution in [1.82, 2.24) is 19.8 Å². The third-order valence-electron chi connectivity index (χ3n) is 4.99. The van der Waals surface area contributed by atoms with Crippen LogP contribution in [0.25, 0.3) is 5.65 Å². The van der Waals surface area contributed by atoms with Crippen molar-refractivity contribution < 1.29 is 9.59 Å². The zero-order valence-electron chi connectivity index (χ0n) is 16.4. The van der Waals surface area contributed by atoms with Crippen LogP contribution in [-0.2, 0) is 9.59 Å². The van der Waals surface area contributed by atoms with Gasteiger partial charge in [0.05, 0.1) is 5.92 Å². The average molecular weight is 393 g/mol. The summed E-state index contributed by atoms with van der Waals surface area (Å²) in [5.74, 6) is 1.28. The lowest BCUT2D eigenvalue weighted by molar-refractivity contribution is -0.120. The largest absolute Gasteiger partial charge is 0.354 e. The zero-order valence-corrected chi connectivity index (χ0v) is 16.4. The summed E-state index contributed by atoms with van der Waals surface area (Å²) in [6.45, 7) is 4.78. The Morgan fingerprint density at radius 3 is 2.48 bits per heavy atom. The van der Waals surface area contributed by atoms with Crippen molar-refractivity contribution >= 4 is 34.7 Å². The summed E-state index contributed by atoms with van der Waals surface area (Å²) in [5, 5.41) is 18.4. The van der Waals surface area contributed by atoms with E-state index in [0.29, 0.717) is 23.6 Å². The van der Waals surface area contributed by atoms with E-state index in [1.165, 1.54) is 6.92 Å². The molecule has 1 aliphatic rings. The van der Waals surface area contributed by atoms with Gasteiger partial charge in [0.1, 0.15) is 5.82 Å². The molecule has 3 heterocycles. The summed E-state index contributed by atoms with van der Waals surface area (Å²) in [6.07, 6.45) is 1.75. The first kappa shape index (κ1) is 18.9. The minimum Gasteiger partial charge on any atom is -0.354 e. The molecule has 0 bridgehead atoms. The molecule has 2 aromatic heterocycles. The van der Waals surface area contributed by atoms with Gasteiger partial charge in [0.2, 0.25) is 11.8 Å². The molecule has 1 aliphatic heterocycles. The number of rotatable bonds is 4. The van der Waals surface area contributed by atoms with E-state index in [1.54, 1.807) is 28.8 Å². The summed E-state index contributed by atoms with van der Waals surface area (Å²) < 4.78 is 1.72. The molecule has 2 amide bonds. The van der Waals surface area contributed by atoms with Gasteiger partial charge in [-0.2, -0.15) is 4.52 Å². The van der Waals surface area contributed by atoms with Crippen molar-refractivity contribution in [3.8, 4) is 0 Å². The number of carbonyl (C=O) groups is 2. The molecular formula is C20H23N7O2. The van der Waals surface area contributed by atoms with E-state index in [1.807, 2.05) is 19.1 Å². The van der Waals surface area contributed by atoms with Gasteiger partial charge in [-0.15, -0.1) is 15.3 Å². The van der Waals surface area contributed by atoms with Crippen molar-refractivity contribution in [3.63, 3.8) is 0 Å². The summed E-state index contributed by atoms with van der Waals surface area (Å²) in [7, 11) is 0. The Morgan fingerprint density at radius 1 is 1.03 bits per heavy atom. The lowest BCUT2D eigenvalue weighted by Crippen LogP contribution is -2.41. The average Bonchev–Trinajstić information content (AvgIpc) is 3.09. The second-order valence-electron chi connectivity index (χ2n) is 7.24. The van der Waals surface area contributed by atoms with Crippen LogP contribution in [0.4, 0.5) is 17.2 Å². The Kier molecular flexibility index (Phi) is 5.11. The number of aromatic nitrogens is 4. The maximum absolute atomic E-state index is 12.8. The first-order chi connectivity index (χ1) is 14.0. The van der Waals surface area contributed by atoms with Crippen LogP contribution in [0.1, 0.15) is 25.6 Å². The summed E-state index contributed by atoms with van der Waals surface area (Å²) in [4.78, 5) is 26.0. The van der Waals surface area contributed by atoms with Gasteiger partial charge >= 0.3 is 0 Å². The first-order valence-electron chi connectivity index (χ1n) is 9.62. The smallest absolute Gasteiger partial charge is 0.229 e. The zero-order chi connectivity index (χ0) is 20.4. The van der Waals surface area contributed by atoms with Gasteiger partial charge in [-0.05, 0) is 56.2 Å². The third-order valence-corrected chi connectivity index (χ3v) is 4.99. The molecule has 0 unspecified atom stereocenters. The molecule has 0 saturated carbocycles. The van der Waals surface area contributed by atoms with E-state index >= 15 is 0 Å². The van der Waals surface area contributed by atoms with Gasteiger partial charge in [-0.3, -0.25) is 9.59 Å². The molecule has 9 heteroatoms. The normalized spacial score (nSPS) is 16.6. The number of piperidine rings is 1. The van der Waals surface area contributed by atoms with Crippen molar-refractivity contribution in [2.45, 2.75) is 26.7 Å². The SMILES string of the molecule is CC(=O)Nc1ccc(NC(=O)[C@@H]2CCCN(c3ccc4nnc(C)n4n3)C2)cc1. The Bertz CT molecular complexity index is 1040. The van der Waals surface area contributed by atoms with Crippen LogP contribution in [0, 0.1) is 12.8 Å². The first-order valence-corrected chi connectivity index (χ1v) is 9.62. The lowest BCUT2D eigenvalue weighted by Gasteiger charge is -2.32. The Labute approximate surface area is 168 Å². The highest BCUT2D eigenvalue weighted by molar-refractivity contribution is 5.94. The Hall–Kier alpha value is -3.49. The highest BCUT2D eigenvalue weighted by atomic mass is 16.2. The van der Waals surface area contributed by atoms with Crippen LogP contribution in [0.5, 0.6) is 0 Å². The second kappa shape index (κ2) is 7.86. The van der Waals surface area contributed by atoms with E-state index in [4.69, 9.17) is 0 Å². The maximum Gasteiger partial charge on any atom is 0.229 e. The van der Waals surface area contributed by atoms with E-state index in [2.05, 4.69) is 30.8 Å². The molecule has 0 radical (unpaired) electrons. The molecule has 0 spiro atoms. The fourth-order valence-electron chi connectivity index (χ4n) is 3.54. The number of nitrogens with one attached hydrogen (secondary N) is 2. The number of benzene rings is 1. The van der Waals surface area contributed by atoms with Crippen molar-refractivity contribution in [1.29, 1.82) is 0 Å². The Morgan fingerprint density at radius 2 is 1.76 bits per heavy atom. The molecule has 1 atom stereocenters. The predicted octanol–water partition coefficient (Wildman–Crippen LogP) is 2.25. The molecule has 3 aromatic rings. The quantitative estimate of drug-likeness (QED) is 0.704. The molecule has 29 heavy (non-hydrogen) atoms. The number of anilines is 3. The molecule has 0 aliphatic carbocycles. The molecule has 2 N–H and O–H groups in total. The molecule has 150 valence electrons. The van der Waals surface area contributed by atoms with Crippen molar-refractivity contribution in [3.05, 3.63) is 42.2 Å². The topological polar surface area (TPSA) is 105 Å². The number of carbonyl (C=O) groups excluding carboxylic acids is 2. The molecule has 9 nitrogen and oxygen atoms in total. The third kappa shape index (κ3) is 4.18. The molecule has 1 aromatic carbocycles. The molecule has 1 saturated heterocycles. The van der Waals surface area contributed by atoms with Gasteiger partial charge in [0.25, 0.3) is 0 Å². The minimum atomic E-state index is -0.127. The van der Waals surface area contributed by atoms with E-state index in [-0.39, 0.29) is 17.7 Å². The number of amides is 2. The van der Waals surface area contributed by atoms with Crippen LogP contribution in [-0.4, -0.2) is 44.7 Å². The van der Waals surface area contributed by atoms with Crippen molar-refractivity contribution in [2.75, 3.05) is 28.6 Å². The predicted molar refractivity (Wildman–Crippen MR) is 110 cm³/mol. The van der Waals surface area contributed by atoms with Gasteiger partial charge in [-0.1, -0.05) is 0 Å². The van der Waals surface area contributed by atoms with Crippen LogP contribution < -0.4 is 15.5 Å². The highest BCUT2D eigenvalue weighted by Crippen LogP contribution is 2.23. The van der Waals surface area contributed by atoms with Crippen LogP contribution in [0.2, 0.25) is 0 Å². The van der Waals surface area contributed by atoms with E-state index in [9.17, 15) is 9.59 Å². The number of hydrogen-bond donors (Lipinski definition) is 2. The van der Waals surface area contributed by atoms with Crippen LogP contribution in [0.3, 0.4) is 0 Å². The van der Waals surface area contributed by atoms with E-state index in [0.717, 1.165) is 31.0 Å². The van der Waals surface area contributed by atoms with Gasteiger partial charge in [-0.25, -0.2) is 0 Å². The molecule has 4 rings (SSSR count).